The van der Waals surface area contributed by atoms with Crippen LogP contribution in [0.5, 0.6) is 0 Å². The molecular formula is C15H28N2O3S. The van der Waals surface area contributed by atoms with Gasteiger partial charge in [-0.05, 0) is 26.0 Å². The standard InChI is InChI=1S/C15H28N2O3S/c1-4-17(10-12(2)13(18)19)14(20)16-11-15(21-3)8-6-5-7-9-15/h12H,4-11H2,1-3H3,(H,16,20)(H,18,19). The summed E-state index contributed by atoms with van der Waals surface area (Å²) in [5, 5.41) is 12.0. The molecule has 0 bridgehead atoms. The van der Waals surface area contributed by atoms with E-state index in [1.807, 2.05) is 18.7 Å². The lowest BCUT2D eigenvalue weighted by Crippen LogP contribution is -2.48. The SMILES string of the molecule is CCN(CC(C)C(=O)O)C(=O)NCC1(SC)CCCCC1. The van der Waals surface area contributed by atoms with E-state index in [-0.39, 0.29) is 17.3 Å². The van der Waals surface area contributed by atoms with Gasteiger partial charge in [-0.1, -0.05) is 26.2 Å². The van der Waals surface area contributed by atoms with Crippen LogP contribution in [0, 0.1) is 5.92 Å². The summed E-state index contributed by atoms with van der Waals surface area (Å²) in [6.45, 7) is 4.95. The maximum Gasteiger partial charge on any atom is 0.317 e. The molecule has 0 aliphatic heterocycles. The lowest BCUT2D eigenvalue weighted by atomic mass is 9.88. The first kappa shape index (κ1) is 18.1. The number of carboxylic acids is 1. The minimum Gasteiger partial charge on any atom is -0.481 e. The van der Waals surface area contributed by atoms with E-state index in [2.05, 4.69) is 11.6 Å². The van der Waals surface area contributed by atoms with Crippen molar-refractivity contribution in [3.05, 3.63) is 0 Å². The van der Waals surface area contributed by atoms with Crippen LogP contribution in [0.1, 0.15) is 46.0 Å². The Morgan fingerprint density at radius 3 is 2.43 bits per heavy atom. The van der Waals surface area contributed by atoms with E-state index in [1.54, 1.807) is 11.8 Å². The zero-order chi connectivity index (χ0) is 15.9. The average molecular weight is 316 g/mol. The Balaban J connectivity index is 2.51. The molecular weight excluding hydrogens is 288 g/mol. The van der Waals surface area contributed by atoms with Gasteiger partial charge in [-0.25, -0.2) is 4.79 Å². The van der Waals surface area contributed by atoms with Gasteiger partial charge >= 0.3 is 12.0 Å². The van der Waals surface area contributed by atoms with Gasteiger partial charge in [0, 0.05) is 24.4 Å². The molecule has 6 heteroatoms. The zero-order valence-corrected chi connectivity index (χ0v) is 14.2. The summed E-state index contributed by atoms with van der Waals surface area (Å²) < 4.78 is 0.158. The highest BCUT2D eigenvalue weighted by atomic mass is 32.2. The van der Waals surface area contributed by atoms with E-state index in [4.69, 9.17) is 5.11 Å². The molecule has 0 aromatic heterocycles. The summed E-state index contributed by atoms with van der Waals surface area (Å²) in [6, 6.07) is -0.149. The summed E-state index contributed by atoms with van der Waals surface area (Å²) in [5.41, 5.74) is 0. The van der Waals surface area contributed by atoms with Crippen molar-refractivity contribution in [3.8, 4) is 0 Å². The van der Waals surface area contributed by atoms with E-state index in [1.165, 1.54) is 19.3 Å². The fraction of sp³-hybridized carbons (Fsp3) is 0.867. The molecule has 0 aromatic rings. The molecule has 2 N–H and O–H groups in total. The molecule has 5 nitrogen and oxygen atoms in total. The summed E-state index contributed by atoms with van der Waals surface area (Å²) in [7, 11) is 0. The predicted molar refractivity (Wildman–Crippen MR) is 86.8 cm³/mol. The van der Waals surface area contributed by atoms with Gasteiger partial charge in [-0.2, -0.15) is 11.8 Å². The second-order valence-electron chi connectivity index (χ2n) is 5.88. The van der Waals surface area contributed by atoms with E-state index in [9.17, 15) is 9.59 Å². The number of aliphatic carboxylic acids is 1. The van der Waals surface area contributed by atoms with E-state index < -0.39 is 11.9 Å². The Bertz CT molecular complexity index is 357. The third-order valence-electron chi connectivity index (χ3n) is 4.34. The minimum absolute atomic E-state index is 0.149. The van der Waals surface area contributed by atoms with Crippen LogP contribution in [-0.4, -0.2) is 52.6 Å². The lowest BCUT2D eigenvalue weighted by Gasteiger charge is -2.36. The molecule has 1 aliphatic rings. The number of urea groups is 1. The van der Waals surface area contributed by atoms with E-state index >= 15 is 0 Å². The number of thioether (sulfide) groups is 1. The third kappa shape index (κ3) is 5.41. The van der Waals surface area contributed by atoms with Crippen LogP contribution in [0.4, 0.5) is 4.79 Å². The molecule has 1 rings (SSSR count). The van der Waals surface area contributed by atoms with Crippen LogP contribution >= 0.6 is 11.8 Å². The molecule has 0 radical (unpaired) electrons. The number of hydrogen-bond donors (Lipinski definition) is 2. The summed E-state index contributed by atoms with van der Waals surface area (Å²) in [4.78, 5) is 24.7. The molecule has 122 valence electrons. The van der Waals surface area contributed by atoms with Gasteiger partial charge in [0.15, 0.2) is 0 Å². The van der Waals surface area contributed by atoms with Crippen LogP contribution in [-0.2, 0) is 4.79 Å². The smallest absolute Gasteiger partial charge is 0.317 e. The first-order valence-electron chi connectivity index (χ1n) is 7.75. The summed E-state index contributed by atoms with van der Waals surface area (Å²) in [6.07, 6.45) is 8.14. The Labute approximate surface area is 131 Å². The van der Waals surface area contributed by atoms with E-state index in [0.29, 0.717) is 13.1 Å². The van der Waals surface area contributed by atoms with Crippen molar-refractivity contribution in [2.75, 3.05) is 25.9 Å². The van der Waals surface area contributed by atoms with Crippen LogP contribution < -0.4 is 5.32 Å². The molecule has 0 aromatic carbocycles. The third-order valence-corrected chi connectivity index (χ3v) is 5.76. The highest BCUT2D eigenvalue weighted by Crippen LogP contribution is 2.37. The first-order chi connectivity index (χ1) is 9.94. The maximum absolute atomic E-state index is 12.2. The predicted octanol–water partition coefficient (Wildman–Crippen LogP) is 2.80. The number of carbonyl (C=O) groups is 2. The Morgan fingerprint density at radius 2 is 1.95 bits per heavy atom. The van der Waals surface area contributed by atoms with Gasteiger partial charge in [0.25, 0.3) is 0 Å². The topological polar surface area (TPSA) is 69.6 Å². The van der Waals surface area contributed by atoms with E-state index in [0.717, 1.165) is 12.8 Å². The van der Waals surface area contributed by atoms with Gasteiger partial charge in [0.05, 0.1) is 5.92 Å². The first-order valence-corrected chi connectivity index (χ1v) is 8.97. The summed E-state index contributed by atoms with van der Waals surface area (Å²) >= 11 is 1.85. The maximum atomic E-state index is 12.2. The molecule has 0 heterocycles. The largest absolute Gasteiger partial charge is 0.481 e. The average Bonchev–Trinajstić information content (AvgIpc) is 2.50. The Hall–Kier alpha value is -0.910. The number of carbonyl (C=O) groups excluding carboxylic acids is 1. The van der Waals surface area contributed by atoms with Crippen molar-refractivity contribution < 1.29 is 14.7 Å². The number of nitrogens with zero attached hydrogens (tertiary/aromatic N) is 1. The number of nitrogens with one attached hydrogen (secondary N) is 1. The van der Waals surface area contributed by atoms with Gasteiger partial charge in [-0.3, -0.25) is 4.79 Å². The fourth-order valence-corrected chi connectivity index (χ4v) is 3.68. The van der Waals surface area contributed by atoms with Crippen molar-refractivity contribution >= 4 is 23.8 Å². The van der Waals surface area contributed by atoms with Crippen molar-refractivity contribution in [1.82, 2.24) is 10.2 Å². The second kappa shape index (κ2) is 8.51. The lowest BCUT2D eigenvalue weighted by molar-refractivity contribution is -0.141. The van der Waals surface area contributed by atoms with Crippen LogP contribution in [0.3, 0.4) is 0 Å². The Morgan fingerprint density at radius 1 is 1.33 bits per heavy atom. The van der Waals surface area contributed by atoms with Crippen molar-refractivity contribution in [3.63, 3.8) is 0 Å². The molecule has 1 fully saturated rings. The van der Waals surface area contributed by atoms with Crippen LogP contribution in [0.15, 0.2) is 0 Å². The zero-order valence-electron chi connectivity index (χ0n) is 13.4. The number of carboxylic acid groups (broad SMARTS) is 1. The molecule has 0 saturated heterocycles. The van der Waals surface area contributed by atoms with Crippen molar-refractivity contribution in [2.24, 2.45) is 5.92 Å². The van der Waals surface area contributed by atoms with Crippen molar-refractivity contribution in [1.29, 1.82) is 0 Å². The van der Waals surface area contributed by atoms with Gasteiger partial charge < -0.3 is 15.3 Å². The number of amides is 2. The summed E-state index contributed by atoms with van der Waals surface area (Å²) in [5.74, 6) is -1.41. The number of rotatable bonds is 7. The van der Waals surface area contributed by atoms with Crippen molar-refractivity contribution in [2.45, 2.75) is 50.7 Å². The molecule has 2 amide bonds. The molecule has 21 heavy (non-hydrogen) atoms. The highest BCUT2D eigenvalue weighted by Gasteiger charge is 2.32. The Kier molecular flexibility index (Phi) is 7.35. The normalized spacial score (nSPS) is 18.8. The minimum atomic E-state index is -0.867. The second-order valence-corrected chi connectivity index (χ2v) is 7.16. The van der Waals surface area contributed by atoms with Gasteiger partial charge in [0.1, 0.15) is 0 Å². The molecule has 0 spiro atoms. The monoisotopic (exact) mass is 316 g/mol. The highest BCUT2D eigenvalue weighted by molar-refractivity contribution is 8.00. The molecule has 1 atom stereocenters. The molecule has 1 unspecified atom stereocenters. The van der Waals surface area contributed by atoms with Gasteiger partial charge in [-0.15, -0.1) is 0 Å². The molecule has 1 aliphatic carbocycles. The van der Waals surface area contributed by atoms with Crippen LogP contribution in [0.2, 0.25) is 0 Å². The van der Waals surface area contributed by atoms with Crippen LogP contribution in [0.25, 0.3) is 0 Å². The number of hydrogen-bond acceptors (Lipinski definition) is 3. The quantitative estimate of drug-likeness (QED) is 0.758. The molecule has 1 saturated carbocycles. The van der Waals surface area contributed by atoms with Gasteiger partial charge in [0.2, 0.25) is 0 Å². The fourth-order valence-electron chi connectivity index (χ4n) is 2.76.